The van der Waals surface area contributed by atoms with Crippen LogP contribution in [0.1, 0.15) is 13.8 Å². The van der Waals surface area contributed by atoms with E-state index >= 15 is 0 Å². The fraction of sp³-hybridized carbons (Fsp3) is 1.00. The van der Waals surface area contributed by atoms with Crippen LogP contribution in [-0.4, -0.2) is 40.7 Å². The van der Waals surface area contributed by atoms with Gasteiger partial charge in [0.2, 0.25) is 0 Å². The molecule has 4 N–H and O–H groups in total. The number of aliphatic hydroxyl groups excluding tert-OH is 2. The van der Waals surface area contributed by atoms with Crippen LogP contribution < -0.4 is 5.73 Å². The number of hydrogen-bond donors (Lipinski definition) is 3. The summed E-state index contributed by atoms with van der Waals surface area (Å²) in [6.45, 7) is 3.49. The summed E-state index contributed by atoms with van der Waals surface area (Å²) in [5.41, 5.74) is 5.52. The second-order valence-corrected chi connectivity index (χ2v) is 3.10. The van der Waals surface area contributed by atoms with Gasteiger partial charge in [-0.3, -0.25) is 0 Å². The second-order valence-electron chi connectivity index (χ2n) is 3.10. The van der Waals surface area contributed by atoms with Crippen molar-refractivity contribution < 1.29 is 14.9 Å². The molecule has 4 nitrogen and oxygen atoms in total. The molecule has 4 heteroatoms. The van der Waals surface area contributed by atoms with Gasteiger partial charge in [-0.1, -0.05) is 0 Å². The van der Waals surface area contributed by atoms with Gasteiger partial charge in [0.25, 0.3) is 0 Å². The Morgan fingerprint density at radius 1 is 1.09 bits per heavy atom. The Morgan fingerprint density at radius 3 is 1.82 bits per heavy atom. The molecule has 0 aliphatic carbocycles. The molecule has 2 unspecified atom stereocenters. The molecule has 0 bridgehead atoms. The third-order valence-corrected chi connectivity index (χ3v) is 2.18. The minimum Gasteiger partial charge on any atom is -0.389 e. The third kappa shape index (κ3) is 1.54. The molecule has 66 valence electrons. The fourth-order valence-electron chi connectivity index (χ4n) is 1.33. The first-order chi connectivity index (χ1) is 5.04. The van der Waals surface area contributed by atoms with Crippen molar-refractivity contribution in [1.82, 2.24) is 0 Å². The van der Waals surface area contributed by atoms with Crippen LogP contribution in [0.5, 0.6) is 0 Å². The molecule has 0 aromatic rings. The minimum atomic E-state index is -0.763. The van der Waals surface area contributed by atoms with Crippen molar-refractivity contribution in [2.24, 2.45) is 5.73 Å². The molecule has 0 spiro atoms. The fourth-order valence-corrected chi connectivity index (χ4v) is 1.33. The van der Waals surface area contributed by atoms with Crippen LogP contribution in [0.4, 0.5) is 0 Å². The highest BCUT2D eigenvalue weighted by Gasteiger charge is 2.38. The predicted molar refractivity (Wildman–Crippen MR) is 40.0 cm³/mol. The Hall–Kier alpha value is -0.160. The molecule has 5 atom stereocenters. The highest BCUT2D eigenvalue weighted by atomic mass is 16.5. The Bertz CT molecular complexity index is 128. The Balaban J connectivity index is 2.63. The van der Waals surface area contributed by atoms with Crippen LogP contribution in [0, 0.1) is 0 Å². The van der Waals surface area contributed by atoms with E-state index in [9.17, 15) is 10.2 Å². The number of aliphatic hydroxyl groups is 2. The summed E-state index contributed by atoms with van der Waals surface area (Å²) in [6, 6.07) is -0.589. The summed E-state index contributed by atoms with van der Waals surface area (Å²) in [5, 5.41) is 18.6. The molecule has 0 radical (unpaired) electrons. The number of rotatable bonds is 0. The van der Waals surface area contributed by atoms with Crippen molar-refractivity contribution >= 4 is 0 Å². The van der Waals surface area contributed by atoms with Crippen molar-refractivity contribution in [1.29, 1.82) is 0 Å². The van der Waals surface area contributed by atoms with Crippen molar-refractivity contribution in [2.75, 3.05) is 0 Å². The van der Waals surface area contributed by atoms with E-state index in [2.05, 4.69) is 0 Å². The van der Waals surface area contributed by atoms with Gasteiger partial charge in [0.05, 0.1) is 30.5 Å². The molecule has 1 heterocycles. The number of nitrogens with two attached hydrogens (primary N) is 1. The second kappa shape index (κ2) is 3.06. The van der Waals surface area contributed by atoms with Gasteiger partial charge in [0.15, 0.2) is 0 Å². The quantitative estimate of drug-likeness (QED) is 0.419. The summed E-state index contributed by atoms with van der Waals surface area (Å²) < 4.78 is 5.20. The summed E-state index contributed by atoms with van der Waals surface area (Å²) >= 11 is 0. The average Bonchev–Trinajstić information content (AvgIpc) is 1.97. The van der Waals surface area contributed by atoms with Gasteiger partial charge in [-0.05, 0) is 13.8 Å². The van der Waals surface area contributed by atoms with Crippen LogP contribution in [0.2, 0.25) is 0 Å². The van der Waals surface area contributed by atoms with Gasteiger partial charge in [0.1, 0.15) is 0 Å². The van der Waals surface area contributed by atoms with Crippen molar-refractivity contribution in [2.45, 2.75) is 44.3 Å². The highest BCUT2D eigenvalue weighted by molar-refractivity contribution is 4.91. The van der Waals surface area contributed by atoms with Gasteiger partial charge < -0.3 is 20.7 Å². The minimum absolute atomic E-state index is 0.289. The topological polar surface area (TPSA) is 75.7 Å². The van der Waals surface area contributed by atoms with Crippen LogP contribution in [-0.2, 0) is 4.74 Å². The Morgan fingerprint density at radius 2 is 1.45 bits per heavy atom. The Kier molecular flexibility index (Phi) is 2.49. The van der Waals surface area contributed by atoms with Gasteiger partial charge in [-0.2, -0.15) is 0 Å². The van der Waals surface area contributed by atoms with Gasteiger partial charge in [-0.25, -0.2) is 0 Å². The molecule has 1 fully saturated rings. The predicted octanol–water partition coefficient (Wildman–Crippen LogP) is -1.16. The van der Waals surface area contributed by atoms with E-state index in [1.54, 1.807) is 13.8 Å². The molecular weight excluding hydrogens is 146 g/mol. The molecule has 0 amide bonds. The van der Waals surface area contributed by atoms with Crippen LogP contribution in [0.3, 0.4) is 0 Å². The lowest BCUT2D eigenvalue weighted by atomic mass is 9.95. The first kappa shape index (κ1) is 8.93. The van der Waals surface area contributed by atoms with E-state index in [0.717, 1.165) is 0 Å². The van der Waals surface area contributed by atoms with E-state index in [1.165, 1.54) is 0 Å². The van der Waals surface area contributed by atoms with Crippen LogP contribution >= 0.6 is 0 Å². The zero-order valence-electron chi connectivity index (χ0n) is 6.77. The standard InChI is InChI=1S/C7H15NO3/c1-3-6(9)5(8)7(10)4(2)11-3/h3-7,9-10H,8H2,1-2H3/t3-,4?,5+,6?,7+/m0/s1. The highest BCUT2D eigenvalue weighted by Crippen LogP contribution is 2.18. The molecule has 1 saturated heterocycles. The lowest BCUT2D eigenvalue weighted by Gasteiger charge is -2.38. The molecule has 11 heavy (non-hydrogen) atoms. The van der Waals surface area contributed by atoms with E-state index in [0.29, 0.717) is 0 Å². The van der Waals surface area contributed by atoms with Crippen LogP contribution in [0.25, 0.3) is 0 Å². The third-order valence-electron chi connectivity index (χ3n) is 2.18. The van der Waals surface area contributed by atoms with Crippen LogP contribution in [0.15, 0.2) is 0 Å². The maximum atomic E-state index is 9.32. The zero-order valence-corrected chi connectivity index (χ0v) is 6.77. The maximum Gasteiger partial charge on any atom is 0.0975 e. The van der Waals surface area contributed by atoms with E-state index < -0.39 is 18.2 Å². The smallest absolute Gasteiger partial charge is 0.0975 e. The maximum absolute atomic E-state index is 9.32. The summed E-state index contributed by atoms with van der Waals surface area (Å²) in [4.78, 5) is 0. The van der Waals surface area contributed by atoms with Gasteiger partial charge in [0, 0.05) is 0 Å². The molecule has 0 aromatic carbocycles. The largest absolute Gasteiger partial charge is 0.389 e. The molecule has 0 saturated carbocycles. The molecule has 1 aliphatic rings. The summed E-state index contributed by atoms with van der Waals surface area (Å²) in [6.07, 6.45) is -2.10. The Labute approximate surface area is 66.0 Å². The van der Waals surface area contributed by atoms with E-state index in [4.69, 9.17) is 10.5 Å². The number of hydrogen-bond acceptors (Lipinski definition) is 4. The number of ether oxygens (including phenoxy) is 1. The van der Waals surface area contributed by atoms with Crippen molar-refractivity contribution in [3.05, 3.63) is 0 Å². The molecule has 0 aromatic heterocycles. The van der Waals surface area contributed by atoms with Gasteiger partial charge >= 0.3 is 0 Å². The first-order valence-corrected chi connectivity index (χ1v) is 3.81. The van der Waals surface area contributed by atoms with Crippen molar-refractivity contribution in [3.8, 4) is 0 Å². The summed E-state index contributed by atoms with van der Waals surface area (Å²) in [7, 11) is 0. The monoisotopic (exact) mass is 161 g/mol. The van der Waals surface area contributed by atoms with E-state index in [1.807, 2.05) is 0 Å². The molecular formula is C7H15NO3. The van der Waals surface area contributed by atoms with Gasteiger partial charge in [-0.15, -0.1) is 0 Å². The normalized spacial score (nSPS) is 52.6. The molecule has 1 aliphatic heterocycles. The molecule has 1 rings (SSSR count). The lowest BCUT2D eigenvalue weighted by Crippen LogP contribution is -2.59. The zero-order chi connectivity index (χ0) is 8.59. The lowest BCUT2D eigenvalue weighted by molar-refractivity contribution is -0.165. The van der Waals surface area contributed by atoms with E-state index in [-0.39, 0.29) is 12.2 Å². The average molecular weight is 161 g/mol. The SMILES string of the molecule is CC1O[C@@H](C)C(O)[C@@H](N)[C@@H]1O. The summed E-state index contributed by atoms with van der Waals surface area (Å²) in [5.74, 6) is 0. The van der Waals surface area contributed by atoms with Crippen molar-refractivity contribution in [3.63, 3.8) is 0 Å². The first-order valence-electron chi connectivity index (χ1n) is 3.81.